The van der Waals surface area contributed by atoms with E-state index in [1.54, 1.807) is 18.9 Å². The average molecular weight is 314 g/mol. The molecule has 0 aliphatic rings. The fourth-order valence-electron chi connectivity index (χ4n) is 1.49. The van der Waals surface area contributed by atoms with Crippen molar-refractivity contribution in [3.63, 3.8) is 0 Å². The molecule has 0 radical (unpaired) electrons. The van der Waals surface area contributed by atoms with E-state index in [0.717, 1.165) is 0 Å². The Morgan fingerprint density at radius 1 is 1.29 bits per heavy atom. The third-order valence-electron chi connectivity index (χ3n) is 2.67. The van der Waals surface area contributed by atoms with Crippen LogP contribution < -0.4 is 0 Å². The molecule has 10 heteroatoms. The fraction of sp³-hybridized carbons (Fsp3) is 0.727. The van der Waals surface area contributed by atoms with E-state index < -0.39 is 6.29 Å². The Bertz CT molecular complexity index is 554. The van der Waals surface area contributed by atoms with Gasteiger partial charge in [0.05, 0.1) is 12.3 Å². The lowest BCUT2D eigenvalue weighted by Gasteiger charge is -2.13. The number of ether oxygens (including phenoxy) is 2. The number of tetrazole rings is 1. The molecule has 0 N–H and O–H groups in total. The molecule has 2 heterocycles. The Hall–Kier alpha value is -1.52. The zero-order valence-corrected chi connectivity index (χ0v) is 13.2. The van der Waals surface area contributed by atoms with Crippen molar-refractivity contribution in [1.29, 1.82) is 0 Å². The van der Waals surface area contributed by atoms with E-state index in [9.17, 15) is 0 Å². The lowest BCUT2D eigenvalue weighted by Crippen LogP contribution is -2.21. The first-order valence-corrected chi connectivity index (χ1v) is 7.39. The second-order valence-corrected chi connectivity index (χ2v) is 5.48. The van der Waals surface area contributed by atoms with E-state index in [4.69, 9.17) is 14.0 Å². The second-order valence-electron chi connectivity index (χ2n) is 4.53. The summed E-state index contributed by atoms with van der Waals surface area (Å²) in [6.07, 6.45) is -0.399. The summed E-state index contributed by atoms with van der Waals surface area (Å²) >= 11 is 1.41. The van der Waals surface area contributed by atoms with E-state index >= 15 is 0 Å². The molecule has 2 aromatic rings. The molecule has 2 rings (SSSR count). The van der Waals surface area contributed by atoms with Gasteiger partial charge in [0.25, 0.3) is 0 Å². The molecule has 0 bridgehead atoms. The minimum absolute atomic E-state index is 0.238. The van der Waals surface area contributed by atoms with E-state index in [1.165, 1.54) is 11.8 Å². The Kier molecular flexibility index (Phi) is 5.65. The first-order valence-electron chi connectivity index (χ1n) is 6.41. The molecule has 21 heavy (non-hydrogen) atoms. The van der Waals surface area contributed by atoms with Crippen LogP contribution in [0.15, 0.2) is 9.68 Å². The average Bonchev–Trinajstić information content (AvgIpc) is 3.11. The zero-order chi connectivity index (χ0) is 15.2. The molecular formula is C11H18N6O3S. The molecular weight excluding hydrogens is 296 g/mol. The van der Waals surface area contributed by atoms with Crippen LogP contribution in [-0.4, -0.2) is 50.9 Å². The van der Waals surface area contributed by atoms with Crippen LogP contribution in [0.25, 0.3) is 0 Å². The Morgan fingerprint density at radius 3 is 2.67 bits per heavy atom. The molecule has 116 valence electrons. The summed E-state index contributed by atoms with van der Waals surface area (Å²) in [5, 5.41) is 16.1. The number of aromatic nitrogens is 6. The molecule has 0 fully saturated rings. The highest BCUT2D eigenvalue weighted by molar-refractivity contribution is 7.98. The first kappa shape index (κ1) is 15.9. The maximum Gasteiger partial charge on any atom is 0.237 e. The summed E-state index contributed by atoms with van der Waals surface area (Å²) < 4.78 is 17.1. The number of methoxy groups -OCH3 is 2. The predicted molar refractivity (Wildman–Crippen MR) is 73.6 cm³/mol. The van der Waals surface area contributed by atoms with Crippen LogP contribution in [-0.2, 0) is 21.8 Å². The minimum atomic E-state index is -0.399. The van der Waals surface area contributed by atoms with Gasteiger partial charge in [-0.15, -0.1) is 5.10 Å². The second kappa shape index (κ2) is 7.48. The van der Waals surface area contributed by atoms with E-state index in [1.807, 2.05) is 13.8 Å². The van der Waals surface area contributed by atoms with Gasteiger partial charge >= 0.3 is 0 Å². The van der Waals surface area contributed by atoms with E-state index in [-0.39, 0.29) is 5.92 Å². The van der Waals surface area contributed by atoms with Gasteiger partial charge in [-0.25, -0.2) is 4.68 Å². The van der Waals surface area contributed by atoms with Crippen molar-refractivity contribution in [2.75, 3.05) is 14.2 Å². The summed E-state index contributed by atoms with van der Waals surface area (Å²) in [6.45, 7) is 4.43. The highest BCUT2D eigenvalue weighted by Crippen LogP contribution is 2.20. The minimum Gasteiger partial charge on any atom is -0.354 e. The maximum absolute atomic E-state index is 5.18. The summed E-state index contributed by atoms with van der Waals surface area (Å²) in [5.41, 5.74) is 0. The Labute approximate surface area is 126 Å². The van der Waals surface area contributed by atoms with Crippen molar-refractivity contribution in [3.8, 4) is 0 Å². The van der Waals surface area contributed by atoms with Gasteiger partial charge in [0, 0.05) is 20.1 Å². The van der Waals surface area contributed by atoms with Crippen molar-refractivity contribution in [2.24, 2.45) is 0 Å². The molecule has 0 aromatic carbocycles. The third-order valence-corrected chi connectivity index (χ3v) is 3.61. The largest absolute Gasteiger partial charge is 0.354 e. The van der Waals surface area contributed by atoms with E-state index in [2.05, 4.69) is 25.7 Å². The summed E-state index contributed by atoms with van der Waals surface area (Å²) in [7, 11) is 3.13. The van der Waals surface area contributed by atoms with Gasteiger partial charge in [-0.1, -0.05) is 30.8 Å². The molecule has 0 saturated carbocycles. The lowest BCUT2D eigenvalue weighted by atomic mass is 10.2. The monoisotopic (exact) mass is 314 g/mol. The molecule has 0 spiro atoms. The van der Waals surface area contributed by atoms with Crippen LogP contribution in [0.4, 0.5) is 0 Å². The van der Waals surface area contributed by atoms with Crippen molar-refractivity contribution in [2.45, 2.75) is 43.5 Å². The Balaban J connectivity index is 1.95. The number of hydrogen-bond acceptors (Lipinski definition) is 9. The normalized spacial score (nSPS) is 11.7. The molecule has 9 nitrogen and oxygen atoms in total. The molecule has 0 unspecified atom stereocenters. The highest BCUT2D eigenvalue weighted by Gasteiger charge is 2.15. The summed E-state index contributed by atoms with van der Waals surface area (Å²) in [6, 6.07) is 0. The summed E-state index contributed by atoms with van der Waals surface area (Å²) in [5.74, 6) is 1.99. The van der Waals surface area contributed by atoms with Crippen LogP contribution in [0.5, 0.6) is 0 Å². The topological polar surface area (TPSA) is 101 Å². The SMILES string of the molecule is COC(Cn1nnnc1SCc1nc(C(C)C)no1)OC. The maximum atomic E-state index is 5.18. The van der Waals surface area contributed by atoms with Crippen LogP contribution in [0.3, 0.4) is 0 Å². The highest BCUT2D eigenvalue weighted by atomic mass is 32.2. The fourth-order valence-corrected chi connectivity index (χ4v) is 2.21. The van der Waals surface area contributed by atoms with Gasteiger partial charge in [0.15, 0.2) is 12.1 Å². The molecule has 0 aliphatic carbocycles. The molecule has 0 amide bonds. The number of nitrogens with zero attached hydrogens (tertiary/aromatic N) is 6. The van der Waals surface area contributed by atoms with Crippen LogP contribution >= 0.6 is 11.8 Å². The van der Waals surface area contributed by atoms with Crippen molar-refractivity contribution < 1.29 is 14.0 Å². The first-order chi connectivity index (χ1) is 10.1. The third kappa shape index (κ3) is 4.22. The van der Waals surface area contributed by atoms with Gasteiger partial charge in [0.2, 0.25) is 11.0 Å². The smallest absolute Gasteiger partial charge is 0.237 e. The number of rotatable bonds is 8. The molecule has 0 aliphatic heterocycles. The van der Waals surface area contributed by atoms with Crippen molar-refractivity contribution in [1.82, 2.24) is 30.3 Å². The van der Waals surface area contributed by atoms with Crippen molar-refractivity contribution >= 4 is 11.8 Å². The van der Waals surface area contributed by atoms with Gasteiger partial charge in [-0.3, -0.25) is 0 Å². The summed E-state index contributed by atoms with van der Waals surface area (Å²) in [4.78, 5) is 4.31. The molecule has 2 aromatic heterocycles. The van der Waals surface area contributed by atoms with Gasteiger partial charge in [0.1, 0.15) is 0 Å². The number of hydrogen-bond donors (Lipinski definition) is 0. The Morgan fingerprint density at radius 2 is 2.05 bits per heavy atom. The molecule has 0 atom stereocenters. The van der Waals surface area contributed by atoms with Crippen LogP contribution in [0.2, 0.25) is 0 Å². The van der Waals surface area contributed by atoms with Crippen LogP contribution in [0.1, 0.15) is 31.5 Å². The van der Waals surface area contributed by atoms with Gasteiger partial charge in [-0.2, -0.15) is 4.98 Å². The predicted octanol–water partition coefficient (Wildman–Crippen LogP) is 1.09. The standard InChI is InChI=1S/C11H18N6O3S/c1-7(2)10-12-8(20-14-10)6-21-11-13-15-16-17(11)5-9(18-3)19-4/h7,9H,5-6H2,1-4H3. The van der Waals surface area contributed by atoms with Gasteiger partial charge < -0.3 is 14.0 Å². The molecule has 0 saturated heterocycles. The lowest BCUT2D eigenvalue weighted by molar-refractivity contribution is -0.113. The number of thioether (sulfide) groups is 1. The zero-order valence-electron chi connectivity index (χ0n) is 12.4. The quantitative estimate of drug-likeness (QED) is 0.523. The van der Waals surface area contributed by atoms with Crippen molar-refractivity contribution in [3.05, 3.63) is 11.7 Å². The van der Waals surface area contributed by atoms with E-state index in [0.29, 0.717) is 29.2 Å². The van der Waals surface area contributed by atoms with Crippen LogP contribution in [0, 0.1) is 0 Å². The van der Waals surface area contributed by atoms with Gasteiger partial charge in [-0.05, 0) is 10.4 Å².